The highest BCUT2D eigenvalue weighted by molar-refractivity contribution is 7.89. The van der Waals surface area contributed by atoms with Crippen LogP contribution in [0.25, 0.3) is 0 Å². The van der Waals surface area contributed by atoms with Crippen LogP contribution in [0.1, 0.15) is 20.3 Å². The average Bonchev–Trinajstić information content (AvgIpc) is 2.64. The molecule has 1 aromatic heterocycles. The van der Waals surface area contributed by atoms with Crippen LogP contribution in [-0.4, -0.2) is 35.4 Å². The Morgan fingerprint density at radius 1 is 1.39 bits per heavy atom. The van der Waals surface area contributed by atoms with Crippen molar-refractivity contribution in [2.24, 2.45) is 18.9 Å². The summed E-state index contributed by atoms with van der Waals surface area (Å²) >= 11 is 5.97. The molecule has 2 unspecified atom stereocenters. The Morgan fingerprint density at radius 2 is 2.06 bits per heavy atom. The molecule has 2 rings (SSSR count). The van der Waals surface area contributed by atoms with Crippen LogP contribution < -0.4 is 0 Å². The van der Waals surface area contributed by atoms with Gasteiger partial charge in [0, 0.05) is 20.1 Å². The Kier molecular flexibility index (Phi) is 3.71. The van der Waals surface area contributed by atoms with E-state index >= 15 is 0 Å². The summed E-state index contributed by atoms with van der Waals surface area (Å²) < 4.78 is 27.9. The SMILES string of the molecule is CC1CCN(S(=O)(=O)c2ncn(C)c2Cl)CC1C. The fourth-order valence-electron chi connectivity index (χ4n) is 2.13. The van der Waals surface area contributed by atoms with Gasteiger partial charge in [0.2, 0.25) is 5.03 Å². The van der Waals surface area contributed by atoms with E-state index in [-0.39, 0.29) is 10.2 Å². The Balaban J connectivity index is 2.30. The molecular formula is C11H18ClN3O2S. The zero-order valence-electron chi connectivity index (χ0n) is 10.8. The first kappa shape index (κ1) is 13.8. The van der Waals surface area contributed by atoms with E-state index < -0.39 is 10.0 Å². The predicted octanol–water partition coefficient (Wildman–Crippen LogP) is 1.74. The van der Waals surface area contributed by atoms with Crippen LogP contribution in [0.5, 0.6) is 0 Å². The molecule has 2 heterocycles. The van der Waals surface area contributed by atoms with Crippen LogP contribution >= 0.6 is 11.6 Å². The third-order valence-electron chi connectivity index (χ3n) is 3.72. The second-order valence-corrected chi connectivity index (χ2v) is 7.27. The van der Waals surface area contributed by atoms with Gasteiger partial charge in [-0.05, 0) is 18.3 Å². The van der Waals surface area contributed by atoms with E-state index in [0.29, 0.717) is 24.9 Å². The number of halogens is 1. The molecule has 18 heavy (non-hydrogen) atoms. The third-order valence-corrected chi connectivity index (χ3v) is 6.07. The van der Waals surface area contributed by atoms with Crippen molar-refractivity contribution in [3.05, 3.63) is 11.5 Å². The molecular weight excluding hydrogens is 274 g/mol. The van der Waals surface area contributed by atoms with Gasteiger partial charge < -0.3 is 4.57 Å². The molecule has 0 saturated carbocycles. The zero-order chi connectivity index (χ0) is 13.5. The summed E-state index contributed by atoms with van der Waals surface area (Å²) in [5.74, 6) is 0.909. The molecule has 7 heteroatoms. The van der Waals surface area contributed by atoms with Gasteiger partial charge in [-0.2, -0.15) is 4.31 Å². The van der Waals surface area contributed by atoms with Crippen molar-refractivity contribution in [3.63, 3.8) is 0 Å². The van der Waals surface area contributed by atoms with Gasteiger partial charge in [0.15, 0.2) is 0 Å². The summed E-state index contributed by atoms with van der Waals surface area (Å²) in [5, 5.41) is 0.134. The number of rotatable bonds is 2. The maximum Gasteiger partial charge on any atom is 0.263 e. The topological polar surface area (TPSA) is 55.2 Å². The highest BCUT2D eigenvalue weighted by Gasteiger charge is 2.34. The average molecular weight is 292 g/mol. The number of aromatic nitrogens is 2. The van der Waals surface area contributed by atoms with Gasteiger partial charge in [0.05, 0.1) is 6.33 Å². The second-order valence-electron chi connectivity index (χ2n) is 5.06. The van der Waals surface area contributed by atoms with Crippen molar-refractivity contribution in [1.82, 2.24) is 13.9 Å². The number of piperidine rings is 1. The molecule has 1 aliphatic rings. The summed E-state index contributed by atoms with van der Waals surface area (Å²) in [5.41, 5.74) is 0. The van der Waals surface area contributed by atoms with Crippen molar-refractivity contribution in [2.45, 2.75) is 25.3 Å². The summed E-state index contributed by atoms with van der Waals surface area (Å²) in [4.78, 5) is 3.91. The Bertz CT molecular complexity index is 540. The van der Waals surface area contributed by atoms with Crippen LogP contribution in [0.4, 0.5) is 0 Å². The summed E-state index contributed by atoms with van der Waals surface area (Å²) in [6, 6.07) is 0. The first-order valence-corrected chi connectivity index (χ1v) is 7.82. The Morgan fingerprint density at radius 3 is 2.56 bits per heavy atom. The van der Waals surface area contributed by atoms with E-state index in [1.165, 1.54) is 15.2 Å². The minimum absolute atomic E-state index is 0.0339. The Labute approximate surface area is 113 Å². The molecule has 0 spiro atoms. The van der Waals surface area contributed by atoms with Gasteiger partial charge in [-0.25, -0.2) is 13.4 Å². The molecule has 2 atom stereocenters. The van der Waals surface area contributed by atoms with Gasteiger partial charge in [0.1, 0.15) is 5.15 Å². The highest BCUT2D eigenvalue weighted by Crippen LogP contribution is 2.29. The molecule has 0 amide bonds. The largest absolute Gasteiger partial charge is 0.324 e. The lowest BCUT2D eigenvalue weighted by molar-refractivity contribution is 0.212. The number of nitrogens with zero attached hydrogens (tertiary/aromatic N) is 3. The fourth-order valence-corrected chi connectivity index (χ4v) is 4.08. The summed E-state index contributed by atoms with van der Waals surface area (Å²) in [7, 11) is -1.88. The molecule has 0 radical (unpaired) electrons. The molecule has 1 aromatic rings. The lowest BCUT2D eigenvalue weighted by Crippen LogP contribution is -2.42. The number of aryl methyl sites for hydroxylation is 1. The monoisotopic (exact) mass is 291 g/mol. The lowest BCUT2D eigenvalue weighted by Gasteiger charge is -2.33. The molecule has 1 aliphatic heterocycles. The number of imidazole rings is 1. The molecule has 1 fully saturated rings. The summed E-state index contributed by atoms with van der Waals surface area (Å²) in [6.07, 6.45) is 2.30. The molecule has 0 aromatic carbocycles. The van der Waals surface area contributed by atoms with Crippen molar-refractivity contribution >= 4 is 21.6 Å². The molecule has 0 N–H and O–H groups in total. The van der Waals surface area contributed by atoms with Gasteiger partial charge in [-0.1, -0.05) is 25.4 Å². The van der Waals surface area contributed by atoms with Gasteiger partial charge in [-0.3, -0.25) is 0 Å². The normalized spacial score (nSPS) is 26.4. The van der Waals surface area contributed by atoms with E-state index in [2.05, 4.69) is 18.8 Å². The van der Waals surface area contributed by atoms with Gasteiger partial charge >= 0.3 is 0 Å². The van der Waals surface area contributed by atoms with E-state index in [1.54, 1.807) is 7.05 Å². The molecule has 0 aliphatic carbocycles. The maximum atomic E-state index is 12.4. The molecule has 0 bridgehead atoms. The third kappa shape index (κ3) is 2.29. The predicted molar refractivity (Wildman–Crippen MR) is 69.9 cm³/mol. The van der Waals surface area contributed by atoms with Crippen LogP contribution in [-0.2, 0) is 17.1 Å². The van der Waals surface area contributed by atoms with E-state index in [9.17, 15) is 8.42 Å². The molecule has 102 valence electrons. The van der Waals surface area contributed by atoms with E-state index in [4.69, 9.17) is 11.6 Å². The van der Waals surface area contributed by atoms with Gasteiger partial charge in [0.25, 0.3) is 10.0 Å². The van der Waals surface area contributed by atoms with E-state index in [1.807, 2.05) is 0 Å². The second kappa shape index (κ2) is 4.83. The first-order chi connectivity index (χ1) is 8.34. The van der Waals surface area contributed by atoms with E-state index in [0.717, 1.165) is 6.42 Å². The lowest BCUT2D eigenvalue weighted by atomic mass is 9.90. The standard InChI is InChI=1S/C11H18ClN3O2S/c1-8-4-5-15(6-9(8)2)18(16,17)11-10(12)14(3)7-13-11/h7-9H,4-6H2,1-3H3. The fraction of sp³-hybridized carbons (Fsp3) is 0.727. The minimum Gasteiger partial charge on any atom is -0.324 e. The molecule has 1 saturated heterocycles. The number of hydrogen-bond donors (Lipinski definition) is 0. The summed E-state index contributed by atoms with van der Waals surface area (Å²) in [6.45, 7) is 5.31. The maximum absolute atomic E-state index is 12.4. The van der Waals surface area contributed by atoms with Crippen LogP contribution in [0.15, 0.2) is 11.4 Å². The first-order valence-electron chi connectivity index (χ1n) is 6.01. The Hall–Kier alpha value is -0.590. The quantitative estimate of drug-likeness (QED) is 0.834. The number of sulfonamides is 1. The van der Waals surface area contributed by atoms with Crippen molar-refractivity contribution < 1.29 is 8.42 Å². The van der Waals surface area contributed by atoms with Crippen molar-refractivity contribution in [3.8, 4) is 0 Å². The van der Waals surface area contributed by atoms with Crippen molar-refractivity contribution in [2.75, 3.05) is 13.1 Å². The highest BCUT2D eigenvalue weighted by atomic mass is 35.5. The number of hydrogen-bond acceptors (Lipinski definition) is 3. The van der Waals surface area contributed by atoms with Crippen LogP contribution in [0.3, 0.4) is 0 Å². The zero-order valence-corrected chi connectivity index (χ0v) is 12.4. The van der Waals surface area contributed by atoms with Crippen LogP contribution in [0.2, 0.25) is 5.15 Å². The smallest absolute Gasteiger partial charge is 0.263 e. The van der Waals surface area contributed by atoms with Crippen LogP contribution in [0, 0.1) is 11.8 Å². The molecule has 5 nitrogen and oxygen atoms in total. The van der Waals surface area contributed by atoms with Gasteiger partial charge in [-0.15, -0.1) is 0 Å². The minimum atomic E-state index is -3.56. The van der Waals surface area contributed by atoms with Crippen molar-refractivity contribution in [1.29, 1.82) is 0 Å².